The molecule has 0 bridgehead atoms. The molecule has 0 saturated carbocycles. The molecule has 1 aromatic heterocycles. The van der Waals surface area contributed by atoms with Crippen molar-refractivity contribution in [3.8, 4) is 0 Å². The van der Waals surface area contributed by atoms with E-state index in [1.165, 1.54) is 10.9 Å². The Morgan fingerprint density at radius 2 is 2.14 bits per heavy atom. The lowest BCUT2D eigenvalue weighted by atomic mass is 10.1. The molecule has 3 rings (SSSR count). The fraction of sp³-hybridized carbons (Fsp3) is 0.591. The molecule has 1 fully saturated rings. The number of hydrogen-bond donors (Lipinski definition) is 2. The summed E-state index contributed by atoms with van der Waals surface area (Å²) in [5.74, 6) is 1.48. The summed E-state index contributed by atoms with van der Waals surface area (Å²) in [6.07, 6.45) is 5.29. The number of guanidine groups is 1. The molecule has 1 unspecified atom stereocenters. The number of rotatable bonds is 11. The molecule has 1 saturated heterocycles. The molecule has 0 radical (unpaired) electrons. The molecule has 1 aliphatic rings. The first-order chi connectivity index (χ1) is 13.9. The topological polar surface area (TPSA) is 59.8 Å². The van der Waals surface area contributed by atoms with Crippen molar-refractivity contribution in [2.45, 2.75) is 32.7 Å². The van der Waals surface area contributed by atoms with Crippen LogP contribution in [0.2, 0.25) is 0 Å². The maximum atomic E-state index is 5.75. The van der Waals surface area contributed by atoms with Crippen LogP contribution in [-0.4, -0.2) is 56.6 Å². The first-order valence-electron chi connectivity index (χ1n) is 10.6. The molecule has 1 atom stereocenters. The molecule has 2 N–H and O–H groups in total. The zero-order valence-corrected chi connectivity index (χ0v) is 19.8. The summed E-state index contributed by atoms with van der Waals surface area (Å²) in [7, 11) is 0. The predicted molar refractivity (Wildman–Crippen MR) is 130 cm³/mol. The van der Waals surface area contributed by atoms with Crippen LogP contribution in [-0.2, 0) is 16.0 Å². The van der Waals surface area contributed by atoms with Crippen molar-refractivity contribution in [2.75, 3.05) is 46.1 Å². The normalized spacial score (nSPS) is 16.7. The molecule has 2 aromatic rings. The molecule has 29 heavy (non-hydrogen) atoms. The molecule has 162 valence electrons. The second-order valence-electron chi connectivity index (χ2n) is 7.27. The number of para-hydroxylation sites is 1. The van der Waals surface area contributed by atoms with Gasteiger partial charge in [0, 0.05) is 57.0 Å². The summed E-state index contributed by atoms with van der Waals surface area (Å²) >= 11 is 0. The molecule has 1 aliphatic heterocycles. The minimum absolute atomic E-state index is 0. The monoisotopic (exact) mass is 514 g/mol. The predicted octanol–water partition coefficient (Wildman–Crippen LogP) is 3.65. The number of aromatic nitrogens is 1. The van der Waals surface area contributed by atoms with Gasteiger partial charge in [-0.1, -0.05) is 18.2 Å². The van der Waals surface area contributed by atoms with Crippen LogP contribution in [0.25, 0.3) is 10.9 Å². The van der Waals surface area contributed by atoms with Crippen LogP contribution in [0.1, 0.15) is 26.2 Å². The highest BCUT2D eigenvalue weighted by Gasteiger charge is 2.15. The number of nitrogens with zero attached hydrogens (tertiary/aromatic N) is 2. The van der Waals surface area contributed by atoms with Crippen molar-refractivity contribution in [1.82, 2.24) is 15.2 Å². The van der Waals surface area contributed by atoms with Crippen LogP contribution in [0.15, 0.2) is 41.5 Å². The fourth-order valence-corrected chi connectivity index (χ4v) is 3.46. The summed E-state index contributed by atoms with van der Waals surface area (Å²) in [5.41, 5.74) is 1.29. The van der Waals surface area contributed by atoms with E-state index in [1.807, 2.05) is 0 Å². The van der Waals surface area contributed by atoms with Crippen LogP contribution in [0, 0.1) is 5.92 Å². The third kappa shape index (κ3) is 8.14. The number of aryl methyl sites for hydroxylation is 1. The van der Waals surface area contributed by atoms with E-state index < -0.39 is 0 Å². The molecule has 7 heteroatoms. The number of aliphatic imine (C=N–C) groups is 1. The van der Waals surface area contributed by atoms with Crippen molar-refractivity contribution >= 4 is 40.8 Å². The molecule has 2 heterocycles. The summed E-state index contributed by atoms with van der Waals surface area (Å²) in [6.45, 7) is 8.96. The van der Waals surface area contributed by atoms with E-state index in [9.17, 15) is 0 Å². The third-order valence-electron chi connectivity index (χ3n) is 4.99. The Kier molecular flexibility index (Phi) is 11.4. The van der Waals surface area contributed by atoms with E-state index in [1.54, 1.807) is 0 Å². The first kappa shape index (κ1) is 24.0. The Morgan fingerprint density at radius 1 is 1.24 bits per heavy atom. The second kappa shape index (κ2) is 13.8. The Labute approximate surface area is 191 Å². The van der Waals surface area contributed by atoms with E-state index in [0.29, 0.717) is 5.92 Å². The van der Waals surface area contributed by atoms with Crippen molar-refractivity contribution in [1.29, 1.82) is 0 Å². The summed E-state index contributed by atoms with van der Waals surface area (Å²) < 4.78 is 13.4. The zero-order chi connectivity index (χ0) is 19.4. The van der Waals surface area contributed by atoms with Gasteiger partial charge >= 0.3 is 0 Å². The van der Waals surface area contributed by atoms with E-state index in [4.69, 9.17) is 14.5 Å². The molecule has 1 aromatic carbocycles. The summed E-state index contributed by atoms with van der Waals surface area (Å²) in [4.78, 5) is 4.70. The summed E-state index contributed by atoms with van der Waals surface area (Å²) in [5, 5.41) is 8.01. The number of ether oxygens (including phenoxy) is 2. The molecule has 0 spiro atoms. The van der Waals surface area contributed by atoms with Crippen LogP contribution < -0.4 is 10.6 Å². The Bertz CT molecular complexity index is 728. The highest BCUT2D eigenvalue weighted by molar-refractivity contribution is 14.0. The molecule has 6 nitrogen and oxygen atoms in total. The van der Waals surface area contributed by atoms with Gasteiger partial charge in [-0.2, -0.15) is 0 Å². The van der Waals surface area contributed by atoms with Gasteiger partial charge in [-0.3, -0.25) is 4.99 Å². The van der Waals surface area contributed by atoms with Gasteiger partial charge in [0.15, 0.2) is 5.96 Å². The third-order valence-corrected chi connectivity index (χ3v) is 4.99. The van der Waals surface area contributed by atoms with Crippen LogP contribution >= 0.6 is 24.0 Å². The number of halogens is 1. The van der Waals surface area contributed by atoms with Crippen molar-refractivity contribution in [3.63, 3.8) is 0 Å². The Morgan fingerprint density at radius 3 is 2.97 bits per heavy atom. The van der Waals surface area contributed by atoms with Crippen molar-refractivity contribution in [3.05, 3.63) is 36.5 Å². The lowest BCUT2D eigenvalue weighted by Crippen LogP contribution is -2.38. The van der Waals surface area contributed by atoms with Gasteiger partial charge in [-0.05, 0) is 43.7 Å². The standard InChI is InChI=1S/C22H34N4O2.HI/c1-2-23-22(25-12-6-15-27-17-19-10-16-28-18-19)24-11-5-13-26-14-9-20-7-3-4-8-21(20)26;/h3-4,7-9,14,19H,2,5-6,10-13,15-18H2,1H3,(H2,23,24,25);1H. The SMILES string of the molecule is CCNC(=NCCCn1ccc2ccccc21)NCCCOCC1CCOC1.I. The average molecular weight is 514 g/mol. The largest absolute Gasteiger partial charge is 0.381 e. The van der Waals surface area contributed by atoms with Crippen LogP contribution in [0.4, 0.5) is 0 Å². The maximum absolute atomic E-state index is 5.75. The highest BCUT2D eigenvalue weighted by Crippen LogP contribution is 2.15. The van der Waals surface area contributed by atoms with Crippen LogP contribution in [0.3, 0.4) is 0 Å². The number of benzene rings is 1. The summed E-state index contributed by atoms with van der Waals surface area (Å²) in [6, 6.07) is 10.7. The lowest BCUT2D eigenvalue weighted by molar-refractivity contribution is 0.0888. The number of nitrogens with one attached hydrogen (secondary N) is 2. The second-order valence-corrected chi connectivity index (χ2v) is 7.27. The van der Waals surface area contributed by atoms with Gasteiger partial charge in [0.05, 0.1) is 13.2 Å². The molecular formula is C22H35IN4O2. The van der Waals surface area contributed by atoms with Gasteiger partial charge in [0.1, 0.15) is 0 Å². The zero-order valence-electron chi connectivity index (χ0n) is 17.4. The number of fused-ring (bicyclic) bond motifs is 1. The van der Waals surface area contributed by atoms with Gasteiger partial charge in [0.2, 0.25) is 0 Å². The minimum Gasteiger partial charge on any atom is -0.381 e. The highest BCUT2D eigenvalue weighted by atomic mass is 127. The quantitative estimate of drug-likeness (QED) is 0.208. The molecular weight excluding hydrogens is 479 g/mol. The van der Waals surface area contributed by atoms with Gasteiger partial charge in [-0.15, -0.1) is 24.0 Å². The van der Waals surface area contributed by atoms with E-state index in [-0.39, 0.29) is 24.0 Å². The van der Waals surface area contributed by atoms with Gasteiger partial charge in [-0.25, -0.2) is 0 Å². The Balaban J connectivity index is 0.00000300. The lowest BCUT2D eigenvalue weighted by Gasteiger charge is -2.12. The van der Waals surface area contributed by atoms with E-state index in [0.717, 1.165) is 77.8 Å². The molecule has 0 amide bonds. The average Bonchev–Trinajstić information content (AvgIpc) is 3.38. The van der Waals surface area contributed by atoms with Crippen molar-refractivity contribution in [2.24, 2.45) is 10.9 Å². The number of hydrogen-bond acceptors (Lipinski definition) is 3. The van der Waals surface area contributed by atoms with E-state index in [2.05, 4.69) is 58.7 Å². The van der Waals surface area contributed by atoms with Gasteiger partial charge < -0.3 is 24.7 Å². The smallest absolute Gasteiger partial charge is 0.191 e. The van der Waals surface area contributed by atoms with Crippen LogP contribution in [0.5, 0.6) is 0 Å². The molecule has 0 aliphatic carbocycles. The van der Waals surface area contributed by atoms with Gasteiger partial charge in [0.25, 0.3) is 0 Å². The Hall–Kier alpha value is -1.32. The minimum atomic E-state index is 0. The first-order valence-corrected chi connectivity index (χ1v) is 10.6. The maximum Gasteiger partial charge on any atom is 0.191 e. The van der Waals surface area contributed by atoms with E-state index >= 15 is 0 Å². The fourth-order valence-electron chi connectivity index (χ4n) is 3.46. The van der Waals surface area contributed by atoms with Crippen molar-refractivity contribution < 1.29 is 9.47 Å².